The van der Waals surface area contributed by atoms with Gasteiger partial charge in [-0.15, -0.1) is 0 Å². The number of rotatable bonds is 6. The lowest BCUT2D eigenvalue weighted by Gasteiger charge is -2.08. The van der Waals surface area contributed by atoms with Gasteiger partial charge in [0.25, 0.3) is 11.5 Å². The molecule has 0 saturated carbocycles. The molecule has 1 N–H and O–H groups in total. The maximum Gasteiger partial charge on any atom is 0.251 e. The average Bonchev–Trinajstić information content (AvgIpc) is 2.31. The number of aromatic nitrogens is 1. The van der Waals surface area contributed by atoms with Gasteiger partial charge in [0.05, 0.1) is 6.10 Å². The molecule has 0 atom stereocenters. The van der Waals surface area contributed by atoms with E-state index in [1.165, 1.54) is 10.6 Å². The van der Waals surface area contributed by atoms with Crippen molar-refractivity contribution in [3.63, 3.8) is 0 Å². The van der Waals surface area contributed by atoms with Crippen molar-refractivity contribution in [3.8, 4) is 0 Å². The molecule has 0 fully saturated rings. The minimum absolute atomic E-state index is 0.189. The predicted molar refractivity (Wildman–Crippen MR) is 69.7 cm³/mol. The van der Waals surface area contributed by atoms with Crippen molar-refractivity contribution in [3.05, 3.63) is 34.2 Å². The van der Waals surface area contributed by atoms with E-state index in [1.807, 2.05) is 13.8 Å². The molecule has 5 heteroatoms. The van der Waals surface area contributed by atoms with E-state index in [-0.39, 0.29) is 17.6 Å². The molecule has 5 nitrogen and oxygen atoms in total. The Morgan fingerprint density at radius 3 is 2.83 bits per heavy atom. The molecule has 0 spiro atoms. The summed E-state index contributed by atoms with van der Waals surface area (Å²) in [6, 6.07) is 2.96. The van der Waals surface area contributed by atoms with Crippen LogP contribution in [0.25, 0.3) is 0 Å². The summed E-state index contributed by atoms with van der Waals surface area (Å²) in [5.74, 6) is -0.225. The van der Waals surface area contributed by atoms with Crippen molar-refractivity contribution in [2.75, 3.05) is 13.2 Å². The number of pyridine rings is 1. The lowest BCUT2D eigenvalue weighted by atomic mass is 10.2. The van der Waals surface area contributed by atoms with E-state index in [0.717, 1.165) is 6.42 Å². The van der Waals surface area contributed by atoms with Gasteiger partial charge in [0.2, 0.25) is 0 Å². The Hall–Kier alpha value is -1.62. The molecule has 0 aliphatic heterocycles. The molecule has 100 valence electrons. The normalized spacial score (nSPS) is 10.7. The fourth-order valence-corrected chi connectivity index (χ4v) is 1.38. The third-order valence-corrected chi connectivity index (χ3v) is 2.42. The molecule has 18 heavy (non-hydrogen) atoms. The van der Waals surface area contributed by atoms with Gasteiger partial charge in [0, 0.05) is 38.0 Å². The molecule has 1 aromatic rings. The number of carbonyl (C=O) groups is 1. The number of carbonyl (C=O) groups excluding carboxylic acids is 1. The van der Waals surface area contributed by atoms with Crippen molar-refractivity contribution >= 4 is 5.91 Å². The zero-order chi connectivity index (χ0) is 13.5. The maximum absolute atomic E-state index is 11.7. The summed E-state index contributed by atoms with van der Waals surface area (Å²) in [5, 5.41) is 2.75. The average molecular weight is 252 g/mol. The van der Waals surface area contributed by atoms with Crippen molar-refractivity contribution in [1.82, 2.24) is 9.88 Å². The zero-order valence-electron chi connectivity index (χ0n) is 11.1. The van der Waals surface area contributed by atoms with Gasteiger partial charge in [-0.25, -0.2) is 0 Å². The first-order chi connectivity index (χ1) is 8.50. The van der Waals surface area contributed by atoms with Crippen LogP contribution in [0.3, 0.4) is 0 Å². The van der Waals surface area contributed by atoms with Crippen molar-refractivity contribution in [2.45, 2.75) is 26.4 Å². The van der Waals surface area contributed by atoms with Crippen LogP contribution in [0.2, 0.25) is 0 Å². The number of hydrogen-bond acceptors (Lipinski definition) is 3. The van der Waals surface area contributed by atoms with Crippen LogP contribution in [0.4, 0.5) is 0 Å². The molecular weight excluding hydrogens is 232 g/mol. The topological polar surface area (TPSA) is 60.3 Å². The predicted octanol–water partition coefficient (Wildman–Crippen LogP) is 0.930. The first kappa shape index (κ1) is 14.4. The molecule has 0 aliphatic carbocycles. The Bertz CT molecular complexity index is 452. The second-order valence-electron chi connectivity index (χ2n) is 4.39. The summed E-state index contributed by atoms with van der Waals surface area (Å²) in [6.45, 7) is 5.10. The molecular formula is C13H20N2O3. The molecule has 1 rings (SSSR count). The van der Waals surface area contributed by atoms with Gasteiger partial charge in [0.15, 0.2) is 0 Å². The number of nitrogens with one attached hydrogen (secondary N) is 1. The molecule has 0 unspecified atom stereocenters. The van der Waals surface area contributed by atoms with E-state index in [9.17, 15) is 9.59 Å². The molecule has 1 aromatic heterocycles. The van der Waals surface area contributed by atoms with Crippen LogP contribution in [0.5, 0.6) is 0 Å². The SMILES string of the molecule is CC(C)OCCCNC(=O)c1ccn(C)c(=O)c1. The van der Waals surface area contributed by atoms with Gasteiger partial charge in [-0.1, -0.05) is 0 Å². The van der Waals surface area contributed by atoms with Crippen molar-refractivity contribution in [2.24, 2.45) is 7.05 Å². The zero-order valence-corrected chi connectivity index (χ0v) is 11.1. The minimum Gasteiger partial charge on any atom is -0.379 e. The highest BCUT2D eigenvalue weighted by Crippen LogP contribution is 1.94. The van der Waals surface area contributed by atoms with Crippen LogP contribution in [0.15, 0.2) is 23.1 Å². The lowest BCUT2D eigenvalue weighted by molar-refractivity contribution is 0.0757. The number of aryl methyl sites for hydroxylation is 1. The van der Waals surface area contributed by atoms with Crippen LogP contribution >= 0.6 is 0 Å². The summed E-state index contributed by atoms with van der Waals surface area (Å²) in [7, 11) is 1.65. The van der Waals surface area contributed by atoms with E-state index in [2.05, 4.69) is 5.32 Å². The molecule has 1 amide bonds. The van der Waals surface area contributed by atoms with Crippen molar-refractivity contribution < 1.29 is 9.53 Å². The van der Waals surface area contributed by atoms with Crippen LogP contribution in [0.1, 0.15) is 30.6 Å². The maximum atomic E-state index is 11.7. The molecule has 1 heterocycles. The highest BCUT2D eigenvalue weighted by molar-refractivity contribution is 5.93. The van der Waals surface area contributed by atoms with Gasteiger partial charge in [-0.3, -0.25) is 9.59 Å². The fourth-order valence-electron chi connectivity index (χ4n) is 1.38. The quantitative estimate of drug-likeness (QED) is 0.766. The number of amides is 1. The summed E-state index contributed by atoms with van der Waals surface area (Å²) >= 11 is 0. The van der Waals surface area contributed by atoms with E-state index in [0.29, 0.717) is 18.7 Å². The van der Waals surface area contributed by atoms with Gasteiger partial charge in [-0.2, -0.15) is 0 Å². The third-order valence-electron chi connectivity index (χ3n) is 2.42. The van der Waals surface area contributed by atoms with Crippen LogP contribution < -0.4 is 10.9 Å². The number of ether oxygens (including phenoxy) is 1. The number of hydrogen-bond donors (Lipinski definition) is 1. The van der Waals surface area contributed by atoms with Crippen LogP contribution in [-0.2, 0) is 11.8 Å². The Balaban J connectivity index is 2.36. The smallest absolute Gasteiger partial charge is 0.251 e. The van der Waals surface area contributed by atoms with Gasteiger partial charge < -0.3 is 14.6 Å². The lowest BCUT2D eigenvalue weighted by Crippen LogP contribution is -2.27. The van der Waals surface area contributed by atoms with Gasteiger partial charge >= 0.3 is 0 Å². The summed E-state index contributed by atoms with van der Waals surface area (Å²) in [4.78, 5) is 23.1. The molecule has 0 radical (unpaired) electrons. The molecule has 0 bridgehead atoms. The largest absolute Gasteiger partial charge is 0.379 e. The summed E-state index contributed by atoms with van der Waals surface area (Å²) in [5.41, 5.74) is 0.202. The standard InChI is InChI=1S/C13H20N2O3/c1-10(2)18-8-4-6-14-13(17)11-5-7-15(3)12(16)9-11/h5,7,9-10H,4,6,8H2,1-3H3,(H,14,17). The monoisotopic (exact) mass is 252 g/mol. The Kier molecular flexibility index (Phi) is 5.58. The van der Waals surface area contributed by atoms with Gasteiger partial charge in [0.1, 0.15) is 0 Å². The molecule has 0 saturated heterocycles. The van der Waals surface area contributed by atoms with Crippen LogP contribution in [0, 0.1) is 0 Å². The van der Waals surface area contributed by atoms with E-state index in [1.54, 1.807) is 19.3 Å². The Morgan fingerprint density at radius 1 is 1.50 bits per heavy atom. The highest BCUT2D eigenvalue weighted by Gasteiger charge is 2.05. The fraction of sp³-hybridized carbons (Fsp3) is 0.538. The second-order valence-corrected chi connectivity index (χ2v) is 4.39. The van der Waals surface area contributed by atoms with E-state index >= 15 is 0 Å². The highest BCUT2D eigenvalue weighted by atomic mass is 16.5. The first-order valence-corrected chi connectivity index (χ1v) is 6.07. The third kappa shape index (κ3) is 4.71. The molecule has 0 aliphatic rings. The Labute approximate surface area is 107 Å². The summed E-state index contributed by atoms with van der Waals surface area (Å²) < 4.78 is 6.78. The summed E-state index contributed by atoms with van der Waals surface area (Å²) in [6.07, 6.45) is 2.55. The second kappa shape index (κ2) is 6.96. The van der Waals surface area contributed by atoms with Crippen LogP contribution in [-0.4, -0.2) is 29.7 Å². The van der Waals surface area contributed by atoms with Gasteiger partial charge in [-0.05, 0) is 26.3 Å². The minimum atomic E-state index is -0.225. The van der Waals surface area contributed by atoms with E-state index < -0.39 is 0 Å². The first-order valence-electron chi connectivity index (χ1n) is 6.07. The molecule has 0 aromatic carbocycles. The number of nitrogens with zero attached hydrogens (tertiary/aromatic N) is 1. The Morgan fingerprint density at radius 2 is 2.22 bits per heavy atom. The van der Waals surface area contributed by atoms with Crippen molar-refractivity contribution in [1.29, 1.82) is 0 Å². The van der Waals surface area contributed by atoms with E-state index in [4.69, 9.17) is 4.74 Å².